The summed E-state index contributed by atoms with van der Waals surface area (Å²) in [7, 11) is -3.69. The SMILES string of the molecule is Cc1cc(CNS(=O)(=O)c2ccc3[nH]c(=O)oc3c2)c(C)[nH]1. The number of hydrogen-bond donors (Lipinski definition) is 3. The third kappa shape index (κ3) is 2.70. The van der Waals surface area contributed by atoms with Gasteiger partial charge in [0.1, 0.15) is 0 Å². The lowest BCUT2D eigenvalue weighted by Gasteiger charge is -2.06. The van der Waals surface area contributed by atoms with E-state index in [1.807, 2.05) is 19.9 Å². The van der Waals surface area contributed by atoms with Crippen LogP contribution >= 0.6 is 0 Å². The zero-order valence-corrected chi connectivity index (χ0v) is 12.9. The van der Waals surface area contributed by atoms with E-state index in [4.69, 9.17) is 4.42 Å². The summed E-state index contributed by atoms with van der Waals surface area (Å²) in [6.45, 7) is 3.98. The van der Waals surface area contributed by atoms with E-state index in [2.05, 4.69) is 14.7 Å². The maximum Gasteiger partial charge on any atom is 0.417 e. The van der Waals surface area contributed by atoms with E-state index in [1.54, 1.807) is 0 Å². The minimum absolute atomic E-state index is 0.0488. The molecule has 7 nitrogen and oxygen atoms in total. The van der Waals surface area contributed by atoms with Crippen molar-refractivity contribution in [2.45, 2.75) is 25.3 Å². The summed E-state index contributed by atoms with van der Waals surface area (Å²) in [6.07, 6.45) is 0. The monoisotopic (exact) mass is 321 g/mol. The highest BCUT2D eigenvalue weighted by molar-refractivity contribution is 7.89. The second-order valence-electron chi connectivity index (χ2n) is 5.10. The first-order valence-electron chi connectivity index (χ1n) is 6.63. The number of H-pyrrole nitrogens is 2. The van der Waals surface area contributed by atoms with Gasteiger partial charge < -0.3 is 9.40 Å². The van der Waals surface area contributed by atoms with Crippen LogP contribution in [0.1, 0.15) is 17.0 Å². The topological polar surface area (TPSA) is 108 Å². The van der Waals surface area contributed by atoms with Gasteiger partial charge in [0, 0.05) is 24.0 Å². The molecule has 0 amide bonds. The number of benzene rings is 1. The lowest BCUT2D eigenvalue weighted by atomic mass is 10.2. The van der Waals surface area contributed by atoms with E-state index in [-0.39, 0.29) is 17.0 Å². The molecule has 116 valence electrons. The van der Waals surface area contributed by atoms with Crippen LogP contribution in [0.25, 0.3) is 11.1 Å². The highest BCUT2D eigenvalue weighted by Crippen LogP contribution is 2.17. The van der Waals surface area contributed by atoms with E-state index < -0.39 is 15.8 Å². The fourth-order valence-corrected chi connectivity index (χ4v) is 3.34. The predicted octanol–water partition coefficient (Wildman–Crippen LogP) is 1.54. The van der Waals surface area contributed by atoms with Gasteiger partial charge in [-0.15, -0.1) is 0 Å². The van der Waals surface area contributed by atoms with Crippen molar-refractivity contribution in [2.24, 2.45) is 0 Å². The van der Waals surface area contributed by atoms with E-state index in [1.165, 1.54) is 18.2 Å². The van der Waals surface area contributed by atoms with Gasteiger partial charge >= 0.3 is 5.76 Å². The highest BCUT2D eigenvalue weighted by Gasteiger charge is 2.16. The van der Waals surface area contributed by atoms with Gasteiger partial charge in [0.05, 0.1) is 10.4 Å². The Labute approximate surface area is 126 Å². The molecule has 0 bridgehead atoms. The third-order valence-corrected chi connectivity index (χ3v) is 4.81. The maximum absolute atomic E-state index is 12.3. The van der Waals surface area contributed by atoms with Crippen molar-refractivity contribution in [3.8, 4) is 0 Å². The Hall–Kier alpha value is -2.32. The third-order valence-electron chi connectivity index (χ3n) is 3.41. The Kier molecular flexibility index (Phi) is 3.42. The zero-order chi connectivity index (χ0) is 15.9. The Bertz CT molecular complexity index is 995. The molecule has 2 aromatic heterocycles. The van der Waals surface area contributed by atoms with Crippen molar-refractivity contribution in [1.82, 2.24) is 14.7 Å². The first-order valence-corrected chi connectivity index (χ1v) is 8.11. The Morgan fingerprint density at radius 2 is 1.95 bits per heavy atom. The number of sulfonamides is 1. The first kappa shape index (κ1) is 14.6. The van der Waals surface area contributed by atoms with Crippen molar-refractivity contribution in [1.29, 1.82) is 0 Å². The Morgan fingerprint density at radius 3 is 2.64 bits per heavy atom. The number of oxazole rings is 1. The molecule has 0 radical (unpaired) electrons. The molecule has 3 aromatic rings. The predicted molar refractivity (Wildman–Crippen MR) is 81.1 cm³/mol. The number of aryl methyl sites for hydroxylation is 2. The van der Waals surface area contributed by atoms with Crippen LogP contribution in [0.5, 0.6) is 0 Å². The number of hydrogen-bond acceptors (Lipinski definition) is 4. The van der Waals surface area contributed by atoms with Crippen LogP contribution in [0.4, 0.5) is 0 Å². The number of aromatic nitrogens is 2. The number of nitrogens with one attached hydrogen (secondary N) is 3. The summed E-state index contributed by atoms with van der Waals surface area (Å²) in [5.74, 6) is -0.615. The largest absolute Gasteiger partial charge is 0.417 e. The highest BCUT2D eigenvalue weighted by atomic mass is 32.2. The first-order chi connectivity index (χ1) is 10.3. The van der Waals surface area contributed by atoms with Gasteiger partial charge in [0.15, 0.2) is 5.58 Å². The van der Waals surface area contributed by atoms with Crippen LogP contribution in [-0.2, 0) is 16.6 Å². The molecule has 0 fully saturated rings. The molecule has 0 aliphatic heterocycles. The van der Waals surface area contributed by atoms with Crippen LogP contribution in [0.2, 0.25) is 0 Å². The zero-order valence-electron chi connectivity index (χ0n) is 12.1. The number of fused-ring (bicyclic) bond motifs is 1. The summed E-state index contributed by atoms with van der Waals surface area (Å²) in [4.78, 5) is 16.7. The molecule has 0 aliphatic rings. The van der Waals surface area contributed by atoms with Crippen molar-refractivity contribution in [3.63, 3.8) is 0 Å². The van der Waals surface area contributed by atoms with E-state index >= 15 is 0 Å². The quantitative estimate of drug-likeness (QED) is 0.677. The smallest absolute Gasteiger partial charge is 0.408 e. The molecule has 0 atom stereocenters. The Balaban J connectivity index is 1.87. The normalized spacial score (nSPS) is 12.1. The van der Waals surface area contributed by atoms with Gasteiger partial charge in [-0.1, -0.05) is 0 Å². The van der Waals surface area contributed by atoms with Gasteiger partial charge in [-0.2, -0.15) is 0 Å². The summed E-state index contributed by atoms with van der Waals surface area (Å²) in [5.41, 5.74) is 3.45. The van der Waals surface area contributed by atoms with Crippen molar-refractivity contribution in [3.05, 3.63) is 51.8 Å². The van der Waals surface area contributed by atoms with Crippen LogP contribution in [0.3, 0.4) is 0 Å². The van der Waals surface area contributed by atoms with Crippen LogP contribution in [-0.4, -0.2) is 18.4 Å². The van der Waals surface area contributed by atoms with Crippen LogP contribution < -0.4 is 10.5 Å². The molecular formula is C14H15N3O4S. The molecule has 0 saturated heterocycles. The maximum atomic E-state index is 12.3. The van der Waals surface area contributed by atoms with Gasteiger partial charge in [-0.3, -0.25) is 4.98 Å². The van der Waals surface area contributed by atoms with Gasteiger partial charge in [0.25, 0.3) is 0 Å². The Morgan fingerprint density at radius 1 is 1.18 bits per heavy atom. The summed E-state index contributed by atoms with van der Waals surface area (Å²) in [5, 5.41) is 0. The van der Waals surface area contributed by atoms with Gasteiger partial charge in [-0.05, 0) is 37.6 Å². The molecule has 2 heterocycles. The summed E-state index contributed by atoms with van der Waals surface area (Å²) < 4.78 is 32.1. The van der Waals surface area contributed by atoms with E-state index in [0.717, 1.165) is 17.0 Å². The molecule has 22 heavy (non-hydrogen) atoms. The molecule has 3 N–H and O–H groups in total. The van der Waals surface area contributed by atoms with Crippen molar-refractivity contribution >= 4 is 21.1 Å². The standard InChI is InChI=1S/C14H15N3O4S/c1-8-5-10(9(2)16-8)7-15-22(19,20)11-3-4-12-13(6-11)21-14(18)17-12/h3-6,15-16H,7H2,1-2H3,(H,17,18). The second kappa shape index (κ2) is 5.15. The summed E-state index contributed by atoms with van der Waals surface area (Å²) >= 11 is 0. The van der Waals surface area contributed by atoms with Crippen molar-refractivity contribution < 1.29 is 12.8 Å². The minimum atomic E-state index is -3.69. The van der Waals surface area contributed by atoms with Crippen molar-refractivity contribution in [2.75, 3.05) is 0 Å². The minimum Gasteiger partial charge on any atom is -0.408 e. The van der Waals surface area contributed by atoms with Crippen LogP contribution in [0.15, 0.2) is 38.4 Å². The lowest BCUT2D eigenvalue weighted by molar-refractivity contribution is 0.553. The van der Waals surface area contributed by atoms with Gasteiger partial charge in [-0.25, -0.2) is 17.9 Å². The molecule has 0 spiro atoms. The average molecular weight is 321 g/mol. The van der Waals surface area contributed by atoms with E-state index in [0.29, 0.717) is 5.52 Å². The molecule has 3 rings (SSSR count). The number of aromatic amines is 2. The molecule has 0 saturated carbocycles. The van der Waals surface area contributed by atoms with E-state index in [9.17, 15) is 13.2 Å². The van der Waals surface area contributed by atoms with Crippen LogP contribution in [0, 0.1) is 13.8 Å². The number of rotatable bonds is 4. The lowest BCUT2D eigenvalue weighted by Crippen LogP contribution is -2.23. The molecule has 0 aliphatic carbocycles. The fraction of sp³-hybridized carbons (Fsp3) is 0.214. The fourth-order valence-electron chi connectivity index (χ4n) is 2.31. The molecule has 1 aromatic carbocycles. The molecular weight excluding hydrogens is 306 g/mol. The average Bonchev–Trinajstić information content (AvgIpc) is 2.96. The molecule has 0 unspecified atom stereocenters. The molecule has 8 heteroatoms. The second-order valence-corrected chi connectivity index (χ2v) is 6.87. The van der Waals surface area contributed by atoms with Gasteiger partial charge in [0.2, 0.25) is 10.0 Å². The summed E-state index contributed by atoms with van der Waals surface area (Å²) in [6, 6.07) is 6.14.